The maximum Gasteiger partial charge on any atom is 0.197 e. The van der Waals surface area contributed by atoms with Gasteiger partial charge in [-0.1, -0.05) is 0 Å². The molecule has 8 N–H and O–H groups in total. The molecular formula is C26H28O13. The van der Waals surface area contributed by atoms with Crippen LogP contribution in [0.4, 0.5) is 0 Å². The molecule has 210 valence electrons. The van der Waals surface area contributed by atoms with E-state index in [9.17, 15) is 45.6 Å². The van der Waals surface area contributed by atoms with Crippen LogP contribution in [0.3, 0.4) is 0 Å². The second kappa shape index (κ2) is 10.4. The van der Waals surface area contributed by atoms with Crippen LogP contribution in [0.2, 0.25) is 0 Å². The van der Waals surface area contributed by atoms with Crippen LogP contribution in [0.1, 0.15) is 18.6 Å². The maximum atomic E-state index is 13.1. The van der Waals surface area contributed by atoms with E-state index in [1.807, 2.05) is 0 Å². The molecule has 3 heterocycles. The predicted molar refractivity (Wildman–Crippen MR) is 131 cm³/mol. The number of phenolic OH excluding ortho intramolecular Hbond substituents is 3. The number of fused-ring (bicyclic) bond motifs is 1. The third-order valence-electron chi connectivity index (χ3n) is 7.02. The number of benzene rings is 2. The standard InChI is InChI=1S/C26H28O13/c1-9-19(31)22(34)23(35)26(37-9)39-25-20(32)14(30)8-36-24(25)18-13(29)7-16-17(21(18)33)12(28)6-15(38-16)10-2-4-11(27)5-3-10/h2-7,9,14,19-20,22-27,29-35H,8H2,1H3. The van der Waals surface area contributed by atoms with Gasteiger partial charge in [0, 0.05) is 17.7 Å². The van der Waals surface area contributed by atoms with Crippen LogP contribution < -0.4 is 5.43 Å². The summed E-state index contributed by atoms with van der Waals surface area (Å²) in [6.07, 6.45) is -13.6. The number of hydrogen-bond donors (Lipinski definition) is 8. The van der Waals surface area contributed by atoms with Gasteiger partial charge in [-0.3, -0.25) is 4.79 Å². The van der Waals surface area contributed by atoms with E-state index in [-0.39, 0.29) is 28.0 Å². The van der Waals surface area contributed by atoms with Crippen molar-refractivity contribution in [2.75, 3.05) is 6.61 Å². The van der Waals surface area contributed by atoms with Crippen LogP contribution >= 0.6 is 0 Å². The molecule has 9 unspecified atom stereocenters. The highest BCUT2D eigenvalue weighted by Gasteiger charge is 2.49. The Morgan fingerprint density at radius 1 is 0.897 bits per heavy atom. The number of phenols is 3. The molecule has 1 aromatic heterocycles. The largest absolute Gasteiger partial charge is 0.508 e. The van der Waals surface area contributed by atoms with Crippen molar-refractivity contribution in [1.29, 1.82) is 0 Å². The highest BCUT2D eigenvalue weighted by molar-refractivity contribution is 5.88. The summed E-state index contributed by atoms with van der Waals surface area (Å²) in [6.45, 7) is 0.978. The summed E-state index contributed by atoms with van der Waals surface area (Å²) >= 11 is 0. The fraction of sp³-hybridized carbons (Fsp3) is 0.423. The number of aliphatic hydroxyl groups excluding tert-OH is 5. The fourth-order valence-electron chi connectivity index (χ4n) is 4.83. The van der Waals surface area contributed by atoms with E-state index in [0.29, 0.717) is 5.56 Å². The highest BCUT2D eigenvalue weighted by Crippen LogP contribution is 2.45. The molecule has 3 aromatic rings. The first-order valence-corrected chi connectivity index (χ1v) is 12.1. The minimum atomic E-state index is -1.76. The van der Waals surface area contributed by atoms with Crippen molar-refractivity contribution in [3.8, 4) is 28.6 Å². The van der Waals surface area contributed by atoms with Gasteiger partial charge in [-0.2, -0.15) is 0 Å². The van der Waals surface area contributed by atoms with Gasteiger partial charge >= 0.3 is 0 Å². The molecule has 2 aliphatic rings. The second-order valence-corrected chi connectivity index (χ2v) is 9.65. The van der Waals surface area contributed by atoms with Crippen molar-refractivity contribution < 1.29 is 59.5 Å². The first-order valence-electron chi connectivity index (χ1n) is 12.1. The molecule has 2 aliphatic heterocycles. The molecule has 39 heavy (non-hydrogen) atoms. The lowest BCUT2D eigenvalue weighted by Crippen LogP contribution is -2.60. The van der Waals surface area contributed by atoms with Gasteiger partial charge in [0.2, 0.25) is 0 Å². The Labute approximate surface area is 220 Å². The molecule has 2 saturated heterocycles. The Morgan fingerprint density at radius 2 is 1.59 bits per heavy atom. The smallest absolute Gasteiger partial charge is 0.197 e. The Balaban J connectivity index is 1.55. The molecule has 13 heteroatoms. The topological polar surface area (TPSA) is 220 Å². The highest BCUT2D eigenvalue weighted by atomic mass is 16.7. The molecule has 9 atom stereocenters. The maximum absolute atomic E-state index is 13.1. The summed E-state index contributed by atoms with van der Waals surface area (Å²) < 4.78 is 22.5. The van der Waals surface area contributed by atoms with Gasteiger partial charge in [0.15, 0.2) is 11.7 Å². The van der Waals surface area contributed by atoms with E-state index >= 15 is 0 Å². The lowest BCUT2D eigenvalue weighted by Gasteiger charge is -2.44. The summed E-state index contributed by atoms with van der Waals surface area (Å²) in [5.74, 6) is -1.22. The third-order valence-corrected chi connectivity index (χ3v) is 7.02. The first kappa shape index (κ1) is 27.3. The van der Waals surface area contributed by atoms with Gasteiger partial charge < -0.3 is 59.5 Å². The van der Waals surface area contributed by atoms with Crippen LogP contribution in [0, 0.1) is 0 Å². The van der Waals surface area contributed by atoms with Crippen molar-refractivity contribution in [3.63, 3.8) is 0 Å². The van der Waals surface area contributed by atoms with Crippen LogP contribution in [0.5, 0.6) is 17.2 Å². The van der Waals surface area contributed by atoms with E-state index in [4.69, 9.17) is 18.6 Å². The predicted octanol–water partition coefficient (Wildman–Crippen LogP) is -0.417. The molecule has 0 amide bonds. The number of aromatic hydroxyl groups is 3. The number of rotatable bonds is 4. The fourth-order valence-corrected chi connectivity index (χ4v) is 4.83. The summed E-state index contributed by atoms with van der Waals surface area (Å²) in [7, 11) is 0. The van der Waals surface area contributed by atoms with Crippen LogP contribution in [-0.2, 0) is 14.2 Å². The molecule has 5 rings (SSSR count). The van der Waals surface area contributed by atoms with E-state index in [1.54, 1.807) is 0 Å². The minimum absolute atomic E-state index is 0.00432. The Hall–Kier alpha value is -3.27. The molecule has 0 spiro atoms. The zero-order valence-corrected chi connectivity index (χ0v) is 20.5. The van der Waals surface area contributed by atoms with Crippen molar-refractivity contribution in [3.05, 3.63) is 52.2 Å². The molecular weight excluding hydrogens is 520 g/mol. The van der Waals surface area contributed by atoms with E-state index in [2.05, 4.69) is 0 Å². The summed E-state index contributed by atoms with van der Waals surface area (Å²) in [5.41, 5.74) is -0.759. The molecule has 0 bridgehead atoms. The lowest BCUT2D eigenvalue weighted by atomic mass is 9.91. The van der Waals surface area contributed by atoms with E-state index in [0.717, 1.165) is 12.1 Å². The van der Waals surface area contributed by atoms with Crippen molar-refractivity contribution >= 4 is 11.0 Å². The first-order chi connectivity index (χ1) is 18.5. The molecule has 0 saturated carbocycles. The van der Waals surface area contributed by atoms with E-state index < -0.39 is 78.7 Å². The van der Waals surface area contributed by atoms with Gasteiger partial charge in [0.05, 0.1) is 18.3 Å². The monoisotopic (exact) mass is 548 g/mol. The van der Waals surface area contributed by atoms with Gasteiger partial charge in [-0.25, -0.2) is 0 Å². The van der Waals surface area contributed by atoms with Crippen molar-refractivity contribution in [1.82, 2.24) is 0 Å². The normalized spacial score (nSPS) is 33.3. The number of ether oxygens (including phenoxy) is 3. The molecule has 13 nitrogen and oxygen atoms in total. The molecule has 0 aliphatic carbocycles. The van der Waals surface area contributed by atoms with Crippen molar-refractivity contribution in [2.45, 2.75) is 62.0 Å². The van der Waals surface area contributed by atoms with E-state index in [1.165, 1.54) is 31.2 Å². The SMILES string of the molecule is CC1OC(OC2C(c3c(O)cc4oc(-c5ccc(O)cc5)cc(=O)c4c3O)OCC(O)C2O)C(O)C(O)C1O. The quantitative estimate of drug-likeness (QED) is 0.208. The number of aliphatic hydroxyl groups is 5. The average molecular weight is 548 g/mol. The van der Waals surface area contributed by atoms with Gasteiger partial charge in [0.1, 0.15) is 76.7 Å². The van der Waals surface area contributed by atoms with Crippen LogP contribution in [0.15, 0.2) is 45.6 Å². The number of hydrogen-bond acceptors (Lipinski definition) is 13. The Bertz CT molecular complexity index is 1400. The van der Waals surface area contributed by atoms with Crippen LogP contribution in [-0.4, -0.2) is 96.5 Å². The summed E-state index contributed by atoms with van der Waals surface area (Å²) in [5, 5.41) is 82.6. The van der Waals surface area contributed by atoms with Gasteiger partial charge in [0.25, 0.3) is 0 Å². The van der Waals surface area contributed by atoms with Crippen molar-refractivity contribution in [2.24, 2.45) is 0 Å². The van der Waals surface area contributed by atoms with Crippen LogP contribution in [0.25, 0.3) is 22.3 Å². The average Bonchev–Trinajstić information content (AvgIpc) is 2.89. The molecule has 2 fully saturated rings. The minimum Gasteiger partial charge on any atom is -0.508 e. The van der Waals surface area contributed by atoms with Gasteiger partial charge in [-0.15, -0.1) is 0 Å². The zero-order chi connectivity index (χ0) is 28.2. The molecule has 0 radical (unpaired) electrons. The Kier molecular flexibility index (Phi) is 7.26. The lowest BCUT2D eigenvalue weighted by molar-refractivity contribution is -0.331. The Morgan fingerprint density at radius 3 is 2.28 bits per heavy atom. The second-order valence-electron chi connectivity index (χ2n) is 9.65. The molecule has 2 aromatic carbocycles. The zero-order valence-electron chi connectivity index (χ0n) is 20.5. The summed E-state index contributed by atoms with van der Waals surface area (Å²) in [4.78, 5) is 13.1. The van der Waals surface area contributed by atoms with Gasteiger partial charge in [-0.05, 0) is 31.2 Å². The third kappa shape index (κ3) is 4.83. The summed E-state index contributed by atoms with van der Waals surface area (Å²) in [6, 6.07) is 8.00.